The Morgan fingerprint density at radius 1 is 1.34 bits per heavy atom. The summed E-state index contributed by atoms with van der Waals surface area (Å²) in [7, 11) is 1.23. The van der Waals surface area contributed by atoms with E-state index in [-0.39, 0.29) is 23.2 Å². The molecular formula is C20H20BrF3N6O2. The number of aromatic amines is 1. The number of carbonyl (C=O) groups is 1. The van der Waals surface area contributed by atoms with Crippen LogP contribution in [0.4, 0.5) is 29.6 Å². The van der Waals surface area contributed by atoms with Crippen LogP contribution in [-0.2, 0) is 10.9 Å². The van der Waals surface area contributed by atoms with Crippen LogP contribution in [-0.4, -0.2) is 47.3 Å². The number of H-pyrrole nitrogens is 1. The van der Waals surface area contributed by atoms with Gasteiger partial charge in [0, 0.05) is 35.9 Å². The number of rotatable bonds is 4. The van der Waals surface area contributed by atoms with Crippen molar-refractivity contribution in [3.63, 3.8) is 0 Å². The minimum absolute atomic E-state index is 0.0393. The molecule has 1 aliphatic heterocycles. The van der Waals surface area contributed by atoms with Crippen LogP contribution in [0.2, 0.25) is 0 Å². The van der Waals surface area contributed by atoms with E-state index in [2.05, 4.69) is 51.6 Å². The van der Waals surface area contributed by atoms with Gasteiger partial charge in [-0.25, -0.2) is 14.8 Å². The highest BCUT2D eigenvalue weighted by atomic mass is 79.9. The fraction of sp³-hybridized carbons (Fsp3) is 0.350. The summed E-state index contributed by atoms with van der Waals surface area (Å²) in [5.41, 5.74) is 0.0179. The molecule has 1 amide bonds. The number of benzene rings is 1. The van der Waals surface area contributed by atoms with E-state index in [1.54, 1.807) is 12.1 Å². The van der Waals surface area contributed by atoms with Gasteiger partial charge in [0.15, 0.2) is 0 Å². The summed E-state index contributed by atoms with van der Waals surface area (Å²) < 4.78 is 46.4. The van der Waals surface area contributed by atoms with Crippen molar-refractivity contribution >= 4 is 44.6 Å². The molecule has 1 aliphatic rings. The number of ether oxygens (including phenoxy) is 1. The van der Waals surface area contributed by atoms with Crippen LogP contribution in [0.1, 0.15) is 18.4 Å². The number of nitrogens with one attached hydrogen (secondary N) is 4. The molecule has 1 aromatic carbocycles. The second kappa shape index (κ2) is 8.94. The van der Waals surface area contributed by atoms with Crippen LogP contribution in [0.5, 0.6) is 0 Å². The lowest BCUT2D eigenvalue weighted by molar-refractivity contribution is -0.137. The van der Waals surface area contributed by atoms with E-state index in [0.29, 0.717) is 27.6 Å². The molecule has 170 valence electrons. The molecule has 4 rings (SSSR count). The number of amides is 1. The van der Waals surface area contributed by atoms with Crippen molar-refractivity contribution < 1.29 is 22.7 Å². The lowest BCUT2D eigenvalue weighted by Crippen LogP contribution is -2.38. The third kappa shape index (κ3) is 4.51. The summed E-state index contributed by atoms with van der Waals surface area (Å²) in [4.78, 5) is 22.7. The number of halogens is 4. The van der Waals surface area contributed by atoms with E-state index >= 15 is 0 Å². The lowest BCUT2D eigenvalue weighted by Gasteiger charge is -2.24. The van der Waals surface area contributed by atoms with Gasteiger partial charge in [-0.1, -0.05) is 6.07 Å². The van der Waals surface area contributed by atoms with Crippen molar-refractivity contribution in [1.29, 1.82) is 0 Å². The summed E-state index contributed by atoms with van der Waals surface area (Å²) in [6.07, 6.45) is -1.19. The first-order chi connectivity index (χ1) is 15.3. The highest BCUT2D eigenvalue weighted by molar-refractivity contribution is 9.10. The second-order valence-corrected chi connectivity index (χ2v) is 8.10. The molecule has 32 heavy (non-hydrogen) atoms. The molecule has 0 unspecified atom stereocenters. The normalized spacial score (nSPS) is 16.7. The van der Waals surface area contributed by atoms with E-state index in [9.17, 15) is 18.0 Å². The van der Waals surface area contributed by atoms with Crippen LogP contribution in [0.15, 0.2) is 29.0 Å². The van der Waals surface area contributed by atoms with E-state index < -0.39 is 17.8 Å². The third-order valence-electron chi connectivity index (χ3n) is 5.19. The Morgan fingerprint density at radius 3 is 2.84 bits per heavy atom. The Balaban J connectivity index is 1.77. The van der Waals surface area contributed by atoms with Crippen LogP contribution >= 0.6 is 15.9 Å². The third-order valence-corrected chi connectivity index (χ3v) is 6.02. The summed E-state index contributed by atoms with van der Waals surface area (Å²) in [5.74, 6) is 0.138. The number of carbonyl (C=O) groups excluding carboxylic acids is 1. The Hall–Kier alpha value is -2.86. The molecular weight excluding hydrogens is 493 g/mol. The van der Waals surface area contributed by atoms with Crippen molar-refractivity contribution in [3.8, 4) is 11.3 Å². The molecule has 8 nitrogen and oxygen atoms in total. The molecule has 0 radical (unpaired) electrons. The molecule has 0 bridgehead atoms. The molecule has 4 N–H and O–H groups in total. The first-order valence-corrected chi connectivity index (χ1v) is 10.6. The maximum atomic E-state index is 13.8. The maximum Gasteiger partial charge on any atom is 0.419 e. The Kier molecular flexibility index (Phi) is 6.24. The average molecular weight is 513 g/mol. The number of hydrogen-bond acceptors (Lipinski definition) is 6. The number of anilines is 2. The molecule has 0 spiro atoms. The Labute approximate surface area is 189 Å². The smallest absolute Gasteiger partial charge is 0.419 e. The standard InChI is InChI=1S/C20H20BrF3N6O2/c1-32-19(31)29-14-5-4-11-12(8-26-17(11)15(14)21)16-13(20(22,23)24)9-27-18(30-16)28-10-3-2-6-25-7-10/h4-5,8-10,25-26H,2-3,6-7H2,1H3,(H,29,31)(H,27,28,30)/t10-/m1/s1. The van der Waals surface area contributed by atoms with Gasteiger partial charge in [-0.2, -0.15) is 13.2 Å². The largest absolute Gasteiger partial charge is 0.453 e. The zero-order valence-electron chi connectivity index (χ0n) is 16.9. The lowest BCUT2D eigenvalue weighted by atomic mass is 10.1. The first kappa shape index (κ1) is 22.3. The van der Waals surface area contributed by atoms with Gasteiger partial charge in [0.25, 0.3) is 0 Å². The number of piperidine rings is 1. The van der Waals surface area contributed by atoms with E-state index in [0.717, 1.165) is 25.6 Å². The zero-order valence-corrected chi connectivity index (χ0v) is 18.5. The van der Waals surface area contributed by atoms with Gasteiger partial charge in [-0.3, -0.25) is 5.32 Å². The predicted octanol–water partition coefficient (Wildman–Crippen LogP) is 4.75. The molecule has 3 heterocycles. The molecule has 1 saturated heterocycles. The van der Waals surface area contributed by atoms with Gasteiger partial charge >= 0.3 is 12.3 Å². The molecule has 1 fully saturated rings. The topological polar surface area (TPSA) is 104 Å². The van der Waals surface area contributed by atoms with Crippen molar-refractivity contribution in [2.24, 2.45) is 0 Å². The van der Waals surface area contributed by atoms with Gasteiger partial charge in [0.1, 0.15) is 5.56 Å². The number of hydrogen-bond donors (Lipinski definition) is 4. The van der Waals surface area contributed by atoms with Crippen molar-refractivity contribution in [2.75, 3.05) is 30.8 Å². The van der Waals surface area contributed by atoms with Crippen LogP contribution in [0.3, 0.4) is 0 Å². The maximum absolute atomic E-state index is 13.8. The molecule has 1 atom stereocenters. The average Bonchev–Trinajstić information content (AvgIpc) is 3.20. The van der Waals surface area contributed by atoms with Crippen molar-refractivity contribution in [2.45, 2.75) is 25.1 Å². The van der Waals surface area contributed by atoms with E-state index in [1.807, 2.05) is 0 Å². The highest BCUT2D eigenvalue weighted by Gasteiger charge is 2.36. The molecule has 12 heteroatoms. The Bertz CT molecular complexity index is 1140. The number of methoxy groups -OCH3 is 1. The SMILES string of the molecule is COC(=O)Nc1ccc2c(-c3nc(N[C@@H]4CCCNC4)ncc3C(F)(F)F)c[nH]c2c1Br. The van der Waals surface area contributed by atoms with Gasteiger partial charge in [-0.05, 0) is 41.4 Å². The van der Waals surface area contributed by atoms with Gasteiger partial charge < -0.3 is 20.4 Å². The molecule has 2 aromatic heterocycles. The number of fused-ring (bicyclic) bond motifs is 1. The Morgan fingerprint density at radius 2 is 2.16 bits per heavy atom. The summed E-state index contributed by atoms with van der Waals surface area (Å²) in [5, 5.41) is 9.41. The van der Waals surface area contributed by atoms with Crippen molar-refractivity contribution in [1.82, 2.24) is 20.3 Å². The molecule has 0 saturated carbocycles. The highest BCUT2D eigenvalue weighted by Crippen LogP contribution is 2.41. The number of aromatic nitrogens is 3. The minimum Gasteiger partial charge on any atom is -0.453 e. The second-order valence-electron chi connectivity index (χ2n) is 7.31. The van der Waals surface area contributed by atoms with E-state index in [1.165, 1.54) is 13.3 Å². The summed E-state index contributed by atoms with van der Waals surface area (Å²) >= 11 is 3.39. The van der Waals surface area contributed by atoms with Crippen LogP contribution in [0.25, 0.3) is 22.2 Å². The number of nitrogens with zero attached hydrogens (tertiary/aromatic N) is 2. The van der Waals surface area contributed by atoms with E-state index in [4.69, 9.17) is 0 Å². The van der Waals surface area contributed by atoms with Gasteiger partial charge in [0.2, 0.25) is 5.95 Å². The monoisotopic (exact) mass is 512 g/mol. The molecule has 3 aromatic rings. The quantitative estimate of drug-likeness (QED) is 0.402. The summed E-state index contributed by atoms with van der Waals surface area (Å²) in [6.45, 7) is 1.60. The van der Waals surface area contributed by atoms with Crippen LogP contribution < -0.4 is 16.0 Å². The number of alkyl halides is 3. The van der Waals surface area contributed by atoms with Gasteiger partial charge in [-0.15, -0.1) is 0 Å². The fourth-order valence-corrected chi connectivity index (χ4v) is 4.20. The van der Waals surface area contributed by atoms with Crippen LogP contribution in [0, 0.1) is 0 Å². The molecule has 0 aliphatic carbocycles. The van der Waals surface area contributed by atoms with Gasteiger partial charge in [0.05, 0.1) is 28.5 Å². The predicted molar refractivity (Wildman–Crippen MR) is 118 cm³/mol. The summed E-state index contributed by atoms with van der Waals surface area (Å²) in [6, 6.07) is 3.22. The minimum atomic E-state index is -4.63. The fourth-order valence-electron chi connectivity index (χ4n) is 3.64. The zero-order chi connectivity index (χ0) is 22.9. The van der Waals surface area contributed by atoms with Crippen molar-refractivity contribution in [3.05, 3.63) is 34.6 Å². The first-order valence-electron chi connectivity index (χ1n) is 9.84.